The number of hydrogen-bond donors (Lipinski definition) is 1. The molecular weight excluding hydrogens is 511 g/mol. The zero-order valence-corrected chi connectivity index (χ0v) is 21.7. The molecule has 36 heavy (non-hydrogen) atoms. The van der Waals surface area contributed by atoms with Gasteiger partial charge in [0.05, 0.1) is 26.1 Å². The van der Waals surface area contributed by atoms with Gasteiger partial charge < -0.3 is 14.6 Å². The topological polar surface area (TPSA) is 113 Å². The second kappa shape index (κ2) is 8.11. The molecule has 6 atom stereocenters. The van der Waals surface area contributed by atoms with Gasteiger partial charge >= 0.3 is 0 Å². The van der Waals surface area contributed by atoms with E-state index in [1.54, 1.807) is 6.92 Å². The lowest BCUT2D eigenvalue weighted by Crippen LogP contribution is -2.60. The third-order valence-electron chi connectivity index (χ3n) is 8.24. The predicted molar refractivity (Wildman–Crippen MR) is 129 cm³/mol. The molecule has 2 heterocycles. The minimum absolute atomic E-state index is 0.0875. The quantitative estimate of drug-likeness (QED) is 0.357. The molecule has 2 aliphatic heterocycles. The van der Waals surface area contributed by atoms with E-state index in [0.29, 0.717) is 11.1 Å². The zero-order valence-electron chi connectivity index (χ0n) is 20.2. The van der Waals surface area contributed by atoms with Crippen LogP contribution in [0.15, 0.2) is 23.8 Å². The van der Waals surface area contributed by atoms with Crippen molar-refractivity contribution < 1.29 is 33.8 Å². The summed E-state index contributed by atoms with van der Waals surface area (Å²) in [7, 11) is 4.11. The highest BCUT2D eigenvalue weighted by Crippen LogP contribution is 2.67. The Morgan fingerprint density at radius 3 is 2.19 bits per heavy atom. The summed E-state index contributed by atoms with van der Waals surface area (Å²) in [5, 5.41) is 10.2. The van der Waals surface area contributed by atoms with Crippen LogP contribution in [-0.2, 0) is 19.2 Å². The number of ether oxygens (including phenoxy) is 2. The highest BCUT2D eigenvalue weighted by atomic mass is 35.5. The number of rotatable bonds is 4. The Hall–Kier alpha value is -2.78. The maximum atomic E-state index is 13.6. The Morgan fingerprint density at radius 1 is 1.03 bits per heavy atom. The number of imide groups is 2. The molecule has 9 nitrogen and oxygen atoms in total. The molecular formula is C25H26Cl2N2O7. The highest BCUT2D eigenvalue weighted by molar-refractivity contribution is 6.53. The third-order valence-corrected chi connectivity index (χ3v) is 9.65. The van der Waals surface area contributed by atoms with E-state index in [4.69, 9.17) is 32.7 Å². The van der Waals surface area contributed by atoms with Gasteiger partial charge in [-0.3, -0.25) is 29.0 Å². The number of nitrogens with zero attached hydrogens (tertiary/aromatic N) is 2. The SMILES string of the molecule is CCN1C(=O)[C@H]2[C@H](CC=C3[C@H]2C[C@@]2(Cl)C(=O)N(C)C(=O)[C@@]2(Cl)[C@H]3c2c(OC)cc(O)cc2OC)C1=O. The maximum Gasteiger partial charge on any atom is 0.253 e. The number of hydrogen-bond acceptors (Lipinski definition) is 7. The zero-order chi connectivity index (χ0) is 26.3. The predicted octanol–water partition coefficient (Wildman–Crippen LogP) is 2.42. The molecule has 0 bridgehead atoms. The lowest BCUT2D eigenvalue weighted by atomic mass is 9.56. The number of carbonyl (C=O) groups is 4. The molecule has 1 saturated carbocycles. The van der Waals surface area contributed by atoms with Gasteiger partial charge in [0.15, 0.2) is 9.75 Å². The van der Waals surface area contributed by atoms with E-state index >= 15 is 0 Å². The van der Waals surface area contributed by atoms with Gasteiger partial charge in [0, 0.05) is 37.2 Å². The van der Waals surface area contributed by atoms with Crippen LogP contribution in [0.5, 0.6) is 17.2 Å². The molecule has 0 radical (unpaired) electrons. The van der Waals surface area contributed by atoms with Crippen LogP contribution in [0.4, 0.5) is 0 Å². The maximum absolute atomic E-state index is 13.6. The van der Waals surface area contributed by atoms with Gasteiger partial charge in [0.1, 0.15) is 17.2 Å². The number of likely N-dealkylation sites (tertiary alicyclic amines) is 2. The Balaban J connectivity index is 1.81. The molecule has 0 unspecified atom stereocenters. The molecule has 0 spiro atoms. The largest absolute Gasteiger partial charge is 0.508 e. The Kier molecular flexibility index (Phi) is 5.61. The summed E-state index contributed by atoms with van der Waals surface area (Å²) < 4.78 is 11.1. The fourth-order valence-corrected chi connectivity index (χ4v) is 7.65. The fraction of sp³-hybridized carbons (Fsp3) is 0.520. The molecule has 11 heteroatoms. The van der Waals surface area contributed by atoms with Crippen molar-refractivity contribution in [3.05, 3.63) is 29.3 Å². The second-order valence-corrected chi connectivity index (χ2v) is 10.9. The van der Waals surface area contributed by atoms with Crippen molar-refractivity contribution in [2.24, 2.45) is 17.8 Å². The van der Waals surface area contributed by atoms with Crippen LogP contribution >= 0.6 is 23.2 Å². The van der Waals surface area contributed by atoms with E-state index < -0.39 is 45.2 Å². The van der Waals surface area contributed by atoms with Crippen LogP contribution in [0.25, 0.3) is 0 Å². The number of aromatic hydroxyl groups is 1. The first kappa shape index (κ1) is 24.9. The van der Waals surface area contributed by atoms with Crippen LogP contribution in [0, 0.1) is 17.8 Å². The Morgan fingerprint density at radius 2 is 1.64 bits per heavy atom. The first-order valence-electron chi connectivity index (χ1n) is 11.7. The molecule has 192 valence electrons. The molecule has 4 amide bonds. The van der Waals surface area contributed by atoms with Crippen molar-refractivity contribution in [1.82, 2.24) is 9.80 Å². The van der Waals surface area contributed by atoms with Gasteiger partial charge in [-0.25, -0.2) is 0 Å². The number of phenolic OH excluding ortho intramolecular Hbond substituents is 1. The lowest BCUT2D eigenvalue weighted by Gasteiger charge is -2.51. The van der Waals surface area contributed by atoms with Crippen LogP contribution in [0.1, 0.15) is 31.2 Å². The molecule has 1 aromatic rings. The van der Waals surface area contributed by atoms with Crippen molar-refractivity contribution in [2.45, 2.75) is 35.4 Å². The number of methoxy groups -OCH3 is 2. The summed E-state index contributed by atoms with van der Waals surface area (Å²) in [5.41, 5.74) is 0.952. The van der Waals surface area contributed by atoms with E-state index in [0.717, 1.165) is 4.90 Å². The number of carbonyl (C=O) groups excluding carboxylic acids is 4. The molecule has 0 aromatic heterocycles. The van der Waals surface area contributed by atoms with E-state index in [-0.39, 0.29) is 48.4 Å². The van der Waals surface area contributed by atoms with E-state index in [1.165, 1.54) is 38.3 Å². The molecule has 4 aliphatic rings. The van der Waals surface area contributed by atoms with E-state index in [1.807, 2.05) is 6.08 Å². The number of fused-ring (bicyclic) bond motifs is 4. The summed E-state index contributed by atoms with van der Waals surface area (Å²) >= 11 is 14.3. The number of benzene rings is 1. The molecule has 1 aromatic carbocycles. The van der Waals surface area contributed by atoms with Crippen LogP contribution < -0.4 is 9.47 Å². The lowest BCUT2D eigenvalue weighted by molar-refractivity contribution is -0.141. The Bertz CT molecular complexity index is 1220. The molecule has 2 saturated heterocycles. The van der Waals surface area contributed by atoms with Crippen LogP contribution in [-0.4, -0.2) is 76.1 Å². The van der Waals surface area contributed by atoms with Crippen molar-refractivity contribution >= 4 is 46.8 Å². The summed E-state index contributed by atoms with van der Waals surface area (Å²) in [6.45, 7) is 1.97. The summed E-state index contributed by atoms with van der Waals surface area (Å²) in [4.78, 5) is 51.8. The number of amides is 4. The number of allylic oxidation sites excluding steroid dienone is 2. The van der Waals surface area contributed by atoms with Crippen molar-refractivity contribution in [3.63, 3.8) is 0 Å². The number of phenols is 1. The van der Waals surface area contributed by atoms with Crippen molar-refractivity contribution in [1.29, 1.82) is 0 Å². The minimum atomic E-state index is -1.97. The van der Waals surface area contributed by atoms with Gasteiger partial charge in [-0.15, -0.1) is 23.2 Å². The van der Waals surface area contributed by atoms with Crippen molar-refractivity contribution in [2.75, 3.05) is 27.8 Å². The van der Waals surface area contributed by atoms with Gasteiger partial charge in [-0.2, -0.15) is 0 Å². The van der Waals surface area contributed by atoms with Gasteiger partial charge in [0.2, 0.25) is 11.8 Å². The summed E-state index contributed by atoms with van der Waals surface area (Å²) in [6, 6.07) is 2.72. The van der Waals surface area contributed by atoms with E-state index in [9.17, 15) is 24.3 Å². The van der Waals surface area contributed by atoms with Crippen LogP contribution in [0.3, 0.4) is 0 Å². The Labute approximate surface area is 217 Å². The molecule has 5 rings (SSSR count). The average Bonchev–Trinajstić information content (AvgIpc) is 3.18. The van der Waals surface area contributed by atoms with Crippen molar-refractivity contribution in [3.8, 4) is 17.2 Å². The van der Waals surface area contributed by atoms with Crippen LogP contribution in [0.2, 0.25) is 0 Å². The van der Waals surface area contributed by atoms with Gasteiger partial charge in [0.25, 0.3) is 11.8 Å². The second-order valence-electron chi connectivity index (χ2n) is 9.68. The monoisotopic (exact) mass is 536 g/mol. The molecule has 3 fully saturated rings. The van der Waals surface area contributed by atoms with Gasteiger partial charge in [-0.05, 0) is 25.7 Å². The minimum Gasteiger partial charge on any atom is -0.508 e. The average molecular weight is 537 g/mol. The smallest absolute Gasteiger partial charge is 0.253 e. The first-order valence-corrected chi connectivity index (χ1v) is 12.4. The standard InChI is InChI=1S/C25H26Cl2N2O7/c1-5-29-20(31)13-7-6-12-14(17(13)21(29)32)10-24(26)22(33)28(2)23(34)25(24,27)19(12)18-15(35-3)8-11(30)9-16(18)36-4/h6,8-9,13-14,17,19,30H,5,7,10H2,1-4H3/t13-,14+,17-,19+,24+,25-/m0/s1. The highest BCUT2D eigenvalue weighted by Gasteiger charge is 2.76. The normalized spacial score (nSPS) is 35.4. The van der Waals surface area contributed by atoms with Gasteiger partial charge in [-0.1, -0.05) is 11.6 Å². The summed E-state index contributed by atoms with van der Waals surface area (Å²) in [6.07, 6.45) is 2.02. The molecule has 1 N–H and O–H groups in total. The fourth-order valence-electron chi connectivity index (χ4n) is 6.65. The number of alkyl halides is 2. The van der Waals surface area contributed by atoms with E-state index in [2.05, 4.69) is 0 Å². The first-order chi connectivity index (χ1) is 17.0. The third kappa shape index (κ3) is 2.84. The molecule has 2 aliphatic carbocycles. The summed E-state index contributed by atoms with van der Waals surface area (Å²) in [5.74, 6) is -4.69. The number of halogens is 2.